The third-order valence-electron chi connectivity index (χ3n) is 2.00. The van der Waals surface area contributed by atoms with Crippen molar-refractivity contribution in [3.05, 3.63) is 30.3 Å². The molecule has 0 spiro atoms. The number of rotatable bonds is 6. The zero-order valence-corrected chi connectivity index (χ0v) is 9.89. The summed E-state index contributed by atoms with van der Waals surface area (Å²) in [6, 6.07) is 10.5. The average molecular weight is 219 g/mol. The lowest BCUT2D eigenvalue weighted by Gasteiger charge is -2.11. The van der Waals surface area contributed by atoms with Gasteiger partial charge in [-0.1, -0.05) is 31.0 Å². The van der Waals surface area contributed by atoms with Crippen LogP contribution in [0.4, 0.5) is 0 Å². The molecule has 1 aromatic rings. The second-order valence-corrected chi connectivity index (χ2v) is 4.39. The first-order chi connectivity index (χ1) is 7.36. The molecule has 0 radical (unpaired) electrons. The van der Waals surface area contributed by atoms with Gasteiger partial charge in [0.25, 0.3) is 0 Å². The Kier molecular flexibility index (Phi) is 5.99. The molecule has 2 heteroatoms. The molecule has 0 bridgehead atoms. The van der Waals surface area contributed by atoms with E-state index in [2.05, 4.69) is 30.3 Å². The maximum atomic E-state index is 5.45. The molecule has 1 aromatic carbocycles. The van der Waals surface area contributed by atoms with Crippen molar-refractivity contribution in [3.8, 4) is 12.3 Å². The minimum absolute atomic E-state index is 0.176. The average Bonchev–Trinajstić information content (AvgIpc) is 2.31. The van der Waals surface area contributed by atoms with E-state index in [1.807, 2.05) is 18.2 Å². The standard InChI is InChI=1S/C13H17NS/c1-3-10-14-12(4-2)11-15-13-8-6-5-7-9-13/h2,5-9,12,14H,3,10-11H2,1H3. The van der Waals surface area contributed by atoms with Crippen LogP contribution in [0.5, 0.6) is 0 Å². The van der Waals surface area contributed by atoms with Gasteiger partial charge in [0.15, 0.2) is 0 Å². The fourth-order valence-electron chi connectivity index (χ4n) is 1.18. The highest BCUT2D eigenvalue weighted by Crippen LogP contribution is 2.17. The fourth-order valence-corrected chi connectivity index (χ4v) is 2.10. The second-order valence-electron chi connectivity index (χ2n) is 3.30. The monoisotopic (exact) mass is 219 g/mol. The predicted octanol–water partition coefficient (Wildman–Crippen LogP) is 2.78. The third kappa shape index (κ3) is 4.92. The molecule has 0 saturated carbocycles. The highest BCUT2D eigenvalue weighted by Gasteiger charge is 2.03. The van der Waals surface area contributed by atoms with Crippen LogP contribution in [-0.4, -0.2) is 18.3 Å². The van der Waals surface area contributed by atoms with E-state index >= 15 is 0 Å². The van der Waals surface area contributed by atoms with Crippen molar-refractivity contribution in [2.24, 2.45) is 0 Å². The quantitative estimate of drug-likeness (QED) is 0.583. The number of terminal acetylenes is 1. The van der Waals surface area contributed by atoms with Crippen LogP contribution in [-0.2, 0) is 0 Å². The molecule has 0 aliphatic heterocycles. The van der Waals surface area contributed by atoms with Gasteiger partial charge in [0.1, 0.15) is 0 Å². The van der Waals surface area contributed by atoms with Gasteiger partial charge in [-0.15, -0.1) is 18.2 Å². The number of benzene rings is 1. The van der Waals surface area contributed by atoms with Crippen LogP contribution in [0.15, 0.2) is 35.2 Å². The molecule has 1 unspecified atom stereocenters. The van der Waals surface area contributed by atoms with Gasteiger partial charge in [0.05, 0.1) is 6.04 Å². The molecule has 15 heavy (non-hydrogen) atoms. The summed E-state index contributed by atoms with van der Waals surface area (Å²) in [5.74, 6) is 3.71. The molecule has 0 saturated heterocycles. The fraction of sp³-hybridized carbons (Fsp3) is 0.385. The highest BCUT2D eigenvalue weighted by molar-refractivity contribution is 7.99. The van der Waals surface area contributed by atoms with E-state index in [4.69, 9.17) is 6.42 Å². The van der Waals surface area contributed by atoms with E-state index < -0.39 is 0 Å². The van der Waals surface area contributed by atoms with E-state index in [0.717, 1.165) is 18.7 Å². The summed E-state index contributed by atoms with van der Waals surface area (Å²) in [5.41, 5.74) is 0. The molecular formula is C13H17NS. The summed E-state index contributed by atoms with van der Waals surface area (Å²) in [5, 5.41) is 3.33. The maximum absolute atomic E-state index is 5.45. The predicted molar refractivity (Wildman–Crippen MR) is 68.1 cm³/mol. The SMILES string of the molecule is C#CC(CSc1ccccc1)NCCC. The van der Waals surface area contributed by atoms with E-state index in [9.17, 15) is 0 Å². The summed E-state index contributed by atoms with van der Waals surface area (Å²) in [7, 11) is 0. The van der Waals surface area contributed by atoms with Crippen LogP contribution in [0.1, 0.15) is 13.3 Å². The van der Waals surface area contributed by atoms with Crippen molar-refractivity contribution in [3.63, 3.8) is 0 Å². The van der Waals surface area contributed by atoms with Crippen molar-refractivity contribution in [1.82, 2.24) is 5.32 Å². The summed E-state index contributed by atoms with van der Waals surface area (Å²) in [4.78, 5) is 1.27. The summed E-state index contributed by atoms with van der Waals surface area (Å²) in [6.07, 6.45) is 6.57. The van der Waals surface area contributed by atoms with Gasteiger partial charge in [0, 0.05) is 10.6 Å². The van der Waals surface area contributed by atoms with Crippen LogP contribution in [0, 0.1) is 12.3 Å². The van der Waals surface area contributed by atoms with Gasteiger partial charge < -0.3 is 5.32 Å². The van der Waals surface area contributed by atoms with Gasteiger partial charge in [0.2, 0.25) is 0 Å². The van der Waals surface area contributed by atoms with Crippen LogP contribution in [0.25, 0.3) is 0 Å². The second kappa shape index (κ2) is 7.39. The number of nitrogens with one attached hydrogen (secondary N) is 1. The molecule has 0 aliphatic carbocycles. The van der Waals surface area contributed by atoms with Crippen molar-refractivity contribution in [2.75, 3.05) is 12.3 Å². The largest absolute Gasteiger partial charge is 0.303 e. The Morgan fingerprint density at radius 3 is 2.73 bits per heavy atom. The van der Waals surface area contributed by atoms with E-state index in [-0.39, 0.29) is 6.04 Å². The highest BCUT2D eigenvalue weighted by atomic mass is 32.2. The number of hydrogen-bond donors (Lipinski definition) is 1. The Labute approximate surface area is 96.7 Å². The van der Waals surface area contributed by atoms with E-state index in [1.54, 1.807) is 11.8 Å². The number of hydrogen-bond acceptors (Lipinski definition) is 2. The molecule has 1 rings (SSSR count). The molecule has 0 aromatic heterocycles. The van der Waals surface area contributed by atoms with Crippen LogP contribution < -0.4 is 5.32 Å². The molecule has 0 aliphatic rings. The molecule has 0 amide bonds. The Balaban J connectivity index is 2.32. The van der Waals surface area contributed by atoms with Crippen molar-refractivity contribution < 1.29 is 0 Å². The van der Waals surface area contributed by atoms with Gasteiger partial charge in [-0.05, 0) is 25.1 Å². The first-order valence-corrected chi connectivity index (χ1v) is 6.22. The lowest BCUT2D eigenvalue weighted by molar-refractivity contribution is 0.642. The molecule has 0 heterocycles. The first kappa shape index (κ1) is 12.2. The van der Waals surface area contributed by atoms with Gasteiger partial charge in [-0.25, -0.2) is 0 Å². The van der Waals surface area contributed by atoms with Crippen LogP contribution >= 0.6 is 11.8 Å². The summed E-state index contributed by atoms with van der Waals surface area (Å²) < 4.78 is 0. The number of thioether (sulfide) groups is 1. The third-order valence-corrected chi connectivity index (χ3v) is 3.11. The van der Waals surface area contributed by atoms with Crippen LogP contribution in [0.3, 0.4) is 0 Å². The van der Waals surface area contributed by atoms with E-state index in [1.165, 1.54) is 4.90 Å². The zero-order valence-electron chi connectivity index (χ0n) is 9.07. The smallest absolute Gasteiger partial charge is 0.0782 e. The van der Waals surface area contributed by atoms with Crippen molar-refractivity contribution in [2.45, 2.75) is 24.3 Å². The Morgan fingerprint density at radius 2 is 2.13 bits per heavy atom. The summed E-state index contributed by atoms with van der Waals surface area (Å²) >= 11 is 1.80. The van der Waals surface area contributed by atoms with E-state index in [0.29, 0.717) is 0 Å². The Morgan fingerprint density at radius 1 is 1.40 bits per heavy atom. The lowest BCUT2D eigenvalue weighted by Crippen LogP contribution is -2.30. The molecule has 80 valence electrons. The normalized spacial score (nSPS) is 12.0. The maximum Gasteiger partial charge on any atom is 0.0782 e. The molecule has 0 fully saturated rings. The topological polar surface area (TPSA) is 12.0 Å². The Hall–Kier alpha value is -0.910. The summed E-state index contributed by atoms with van der Waals surface area (Å²) in [6.45, 7) is 3.13. The van der Waals surface area contributed by atoms with Crippen molar-refractivity contribution >= 4 is 11.8 Å². The molecule has 1 nitrogen and oxygen atoms in total. The Bertz CT molecular complexity index is 302. The van der Waals surface area contributed by atoms with Gasteiger partial charge >= 0.3 is 0 Å². The zero-order chi connectivity index (χ0) is 10.9. The lowest BCUT2D eigenvalue weighted by atomic mass is 10.3. The molecule has 1 atom stereocenters. The molecular weight excluding hydrogens is 202 g/mol. The minimum Gasteiger partial charge on any atom is -0.303 e. The van der Waals surface area contributed by atoms with Gasteiger partial charge in [-0.2, -0.15) is 0 Å². The minimum atomic E-state index is 0.176. The van der Waals surface area contributed by atoms with Gasteiger partial charge in [-0.3, -0.25) is 0 Å². The van der Waals surface area contributed by atoms with Crippen molar-refractivity contribution in [1.29, 1.82) is 0 Å². The first-order valence-electron chi connectivity index (χ1n) is 5.24. The molecule has 1 N–H and O–H groups in total. The van der Waals surface area contributed by atoms with Crippen LogP contribution in [0.2, 0.25) is 0 Å².